The highest BCUT2D eigenvalue weighted by molar-refractivity contribution is 5.94. The van der Waals surface area contributed by atoms with Gasteiger partial charge in [0.1, 0.15) is 5.75 Å². The lowest BCUT2D eigenvalue weighted by Crippen LogP contribution is -2.48. The summed E-state index contributed by atoms with van der Waals surface area (Å²) in [6, 6.07) is 13.8. The molecule has 6 nitrogen and oxygen atoms in total. The number of hydrogen-bond donors (Lipinski definition) is 1. The van der Waals surface area contributed by atoms with Gasteiger partial charge in [-0.2, -0.15) is 0 Å². The summed E-state index contributed by atoms with van der Waals surface area (Å²) < 4.78 is 5.41. The minimum absolute atomic E-state index is 0.0333. The first-order valence-electron chi connectivity index (χ1n) is 12.3. The molecule has 6 heteroatoms. The van der Waals surface area contributed by atoms with Crippen LogP contribution in [0.1, 0.15) is 53.1 Å². The van der Waals surface area contributed by atoms with Crippen LogP contribution in [0.5, 0.6) is 5.75 Å². The molecule has 178 valence electrons. The molecule has 3 aromatic rings. The number of methoxy groups -OCH3 is 1. The number of H-pyrrole nitrogens is 1. The van der Waals surface area contributed by atoms with Gasteiger partial charge in [-0.05, 0) is 74.4 Å². The molecule has 2 aliphatic heterocycles. The van der Waals surface area contributed by atoms with E-state index in [1.807, 2.05) is 47.1 Å². The topological polar surface area (TPSA) is 65.6 Å². The molecule has 1 aromatic heterocycles. The Hall–Kier alpha value is -3.28. The van der Waals surface area contributed by atoms with Crippen molar-refractivity contribution in [1.29, 1.82) is 0 Å². The Morgan fingerprint density at radius 2 is 1.74 bits per heavy atom. The molecule has 0 saturated carbocycles. The van der Waals surface area contributed by atoms with E-state index in [2.05, 4.69) is 23.3 Å². The van der Waals surface area contributed by atoms with Crippen molar-refractivity contribution < 1.29 is 14.3 Å². The van der Waals surface area contributed by atoms with Crippen LogP contribution in [-0.4, -0.2) is 59.9 Å². The lowest BCUT2D eigenvalue weighted by atomic mass is 9.88. The molecule has 2 fully saturated rings. The number of piperidine rings is 2. The summed E-state index contributed by atoms with van der Waals surface area (Å²) in [7, 11) is 1.69. The zero-order chi connectivity index (χ0) is 23.7. The summed E-state index contributed by atoms with van der Waals surface area (Å²) >= 11 is 0. The van der Waals surface area contributed by atoms with Crippen LogP contribution in [0.25, 0.3) is 10.9 Å². The van der Waals surface area contributed by atoms with Crippen LogP contribution in [0, 0.1) is 12.8 Å². The molecule has 2 amide bonds. The van der Waals surface area contributed by atoms with Crippen LogP contribution in [0.4, 0.5) is 0 Å². The molecule has 34 heavy (non-hydrogen) atoms. The van der Waals surface area contributed by atoms with E-state index in [9.17, 15) is 9.59 Å². The van der Waals surface area contributed by atoms with E-state index in [0.29, 0.717) is 18.0 Å². The minimum Gasteiger partial charge on any atom is -0.497 e. The zero-order valence-corrected chi connectivity index (χ0v) is 20.0. The monoisotopic (exact) mass is 459 g/mol. The standard InChI is InChI=1S/C28H33N3O3/c1-19-5-7-21(8-6-19)27(32)31-13-3-4-22(18-31)28(33)30-14-11-20(12-15-30)25-17-29-26-10-9-23(34-2)16-24(25)26/h5-10,16-17,20,22,29H,3-4,11-15,18H2,1-2H3. The second-order valence-corrected chi connectivity index (χ2v) is 9.71. The minimum atomic E-state index is -0.1000. The Balaban J connectivity index is 1.21. The predicted molar refractivity (Wildman–Crippen MR) is 133 cm³/mol. The molecule has 1 unspecified atom stereocenters. The Bertz CT molecular complexity index is 1180. The number of carbonyl (C=O) groups is 2. The normalized spacial score (nSPS) is 19.4. The van der Waals surface area contributed by atoms with Crippen molar-refractivity contribution in [3.63, 3.8) is 0 Å². The van der Waals surface area contributed by atoms with E-state index in [0.717, 1.165) is 62.1 Å². The third kappa shape index (κ3) is 4.41. The molecule has 0 aliphatic carbocycles. The smallest absolute Gasteiger partial charge is 0.253 e. The van der Waals surface area contributed by atoms with Crippen LogP contribution in [-0.2, 0) is 4.79 Å². The van der Waals surface area contributed by atoms with E-state index < -0.39 is 0 Å². The number of hydrogen-bond acceptors (Lipinski definition) is 3. The highest BCUT2D eigenvalue weighted by atomic mass is 16.5. The predicted octanol–water partition coefficient (Wildman–Crippen LogP) is 4.74. The third-order valence-electron chi connectivity index (χ3n) is 7.52. The molecule has 2 aliphatic rings. The highest BCUT2D eigenvalue weighted by Crippen LogP contribution is 2.35. The molecular formula is C28H33N3O3. The Kier molecular flexibility index (Phi) is 6.31. The molecule has 1 atom stereocenters. The number of nitrogens with zero attached hydrogens (tertiary/aromatic N) is 2. The number of nitrogens with one attached hydrogen (secondary N) is 1. The van der Waals surface area contributed by atoms with Crippen molar-refractivity contribution in [3.8, 4) is 5.75 Å². The summed E-state index contributed by atoms with van der Waals surface area (Å²) in [5.41, 5.74) is 4.27. The van der Waals surface area contributed by atoms with Crippen molar-refractivity contribution >= 4 is 22.7 Å². The maximum Gasteiger partial charge on any atom is 0.253 e. The van der Waals surface area contributed by atoms with Gasteiger partial charge in [0.15, 0.2) is 0 Å². The number of aromatic amines is 1. The van der Waals surface area contributed by atoms with Crippen LogP contribution in [0.3, 0.4) is 0 Å². The average Bonchev–Trinajstić information content (AvgIpc) is 3.31. The number of aromatic nitrogens is 1. The van der Waals surface area contributed by atoms with Crippen molar-refractivity contribution in [2.45, 2.75) is 38.5 Å². The van der Waals surface area contributed by atoms with E-state index in [-0.39, 0.29) is 17.7 Å². The van der Waals surface area contributed by atoms with Crippen LogP contribution >= 0.6 is 0 Å². The summed E-state index contributed by atoms with van der Waals surface area (Å²) in [5, 5.41) is 1.21. The fourth-order valence-electron chi connectivity index (χ4n) is 5.50. The van der Waals surface area contributed by atoms with Crippen LogP contribution < -0.4 is 4.74 Å². The first-order chi connectivity index (χ1) is 16.5. The molecule has 2 saturated heterocycles. The number of amides is 2. The molecular weight excluding hydrogens is 426 g/mol. The quantitative estimate of drug-likeness (QED) is 0.613. The van der Waals surface area contributed by atoms with Crippen LogP contribution in [0.15, 0.2) is 48.7 Å². The molecule has 2 aromatic carbocycles. The third-order valence-corrected chi connectivity index (χ3v) is 7.52. The van der Waals surface area contributed by atoms with Crippen molar-refractivity contribution in [1.82, 2.24) is 14.8 Å². The highest BCUT2D eigenvalue weighted by Gasteiger charge is 2.33. The second-order valence-electron chi connectivity index (χ2n) is 9.71. The number of aryl methyl sites for hydroxylation is 1. The fraction of sp³-hybridized carbons (Fsp3) is 0.429. The molecule has 1 N–H and O–H groups in total. The lowest BCUT2D eigenvalue weighted by molar-refractivity contribution is -0.138. The van der Waals surface area contributed by atoms with Gasteiger partial charge in [0.05, 0.1) is 13.0 Å². The maximum atomic E-state index is 13.4. The number of fused-ring (bicyclic) bond motifs is 1. The summed E-state index contributed by atoms with van der Waals surface area (Å²) in [6.45, 7) is 4.80. The van der Waals surface area contributed by atoms with Crippen molar-refractivity contribution in [3.05, 3.63) is 65.4 Å². The van der Waals surface area contributed by atoms with Gasteiger partial charge < -0.3 is 19.5 Å². The van der Waals surface area contributed by atoms with Crippen LogP contribution in [0.2, 0.25) is 0 Å². The number of likely N-dealkylation sites (tertiary alicyclic amines) is 2. The van der Waals surface area contributed by atoms with Gasteiger partial charge in [-0.15, -0.1) is 0 Å². The van der Waals surface area contributed by atoms with Gasteiger partial charge in [0.2, 0.25) is 5.91 Å². The molecule has 0 bridgehead atoms. The molecule has 0 spiro atoms. The first kappa shape index (κ1) is 22.5. The Morgan fingerprint density at radius 3 is 2.47 bits per heavy atom. The summed E-state index contributed by atoms with van der Waals surface area (Å²) in [4.78, 5) is 33.6. The molecule has 5 rings (SSSR count). The largest absolute Gasteiger partial charge is 0.497 e. The second kappa shape index (κ2) is 9.53. The Labute approximate surface area is 200 Å². The fourth-order valence-corrected chi connectivity index (χ4v) is 5.50. The van der Waals surface area contributed by atoms with Gasteiger partial charge in [0.25, 0.3) is 5.91 Å². The van der Waals surface area contributed by atoms with Gasteiger partial charge in [-0.1, -0.05) is 17.7 Å². The van der Waals surface area contributed by atoms with E-state index in [1.54, 1.807) is 7.11 Å². The van der Waals surface area contributed by atoms with Gasteiger partial charge in [0, 0.05) is 48.8 Å². The average molecular weight is 460 g/mol. The molecule has 0 radical (unpaired) electrons. The number of ether oxygens (including phenoxy) is 1. The summed E-state index contributed by atoms with van der Waals surface area (Å²) in [5.74, 6) is 1.43. The maximum absolute atomic E-state index is 13.4. The van der Waals surface area contributed by atoms with E-state index >= 15 is 0 Å². The number of carbonyl (C=O) groups excluding carboxylic acids is 2. The first-order valence-corrected chi connectivity index (χ1v) is 12.3. The summed E-state index contributed by atoms with van der Waals surface area (Å²) in [6.07, 6.45) is 5.76. The van der Waals surface area contributed by atoms with E-state index in [4.69, 9.17) is 4.74 Å². The number of benzene rings is 2. The van der Waals surface area contributed by atoms with Gasteiger partial charge in [-0.25, -0.2) is 0 Å². The number of rotatable bonds is 4. The van der Waals surface area contributed by atoms with Gasteiger partial charge in [-0.3, -0.25) is 9.59 Å². The lowest BCUT2D eigenvalue weighted by Gasteiger charge is -2.38. The Morgan fingerprint density at radius 1 is 0.971 bits per heavy atom. The SMILES string of the molecule is COc1ccc2[nH]cc(C3CCN(C(=O)C4CCCN(C(=O)c5ccc(C)cc5)C4)CC3)c2c1. The van der Waals surface area contributed by atoms with E-state index in [1.165, 1.54) is 10.9 Å². The zero-order valence-electron chi connectivity index (χ0n) is 20.0. The van der Waals surface area contributed by atoms with Crippen molar-refractivity contribution in [2.24, 2.45) is 5.92 Å². The molecule has 3 heterocycles. The van der Waals surface area contributed by atoms with Gasteiger partial charge >= 0.3 is 0 Å². The van der Waals surface area contributed by atoms with Crippen molar-refractivity contribution in [2.75, 3.05) is 33.3 Å².